The molecule has 0 atom stereocenters. The number of carbonyl (C=O) groups is 1. The highest BCUT2D eigenvalue weighted by molar-refractivity contribution is 8.01. The molecule has 94 valence electrons. The minimum Gasteiger partial charge on any atom is -0.481 e. The predicted molar refractivity (Wildman–Crippen MR) is 68.7 cm³/mol. The van der Waals surface area contributed by atoms with Crippen molar-refractivity contribution in [3.05, 3.63) is 0 Å². The summed E-state index contributed by atoms with van der Waals surface area (Å²) in [5.74, 6) is -0.0970. The van der Waals surface area contributed by atoms with Crippen molar-refractivity contribution in [2.24, 2.45) is 5.92 Å². The number of hydrogen-bond donors (Lipinski definition) is 2. The van der Waals surface area contributed by atoms with Gasteiger partial charge in [0.1, 0.15) is 0 Å². The van der Waals surface area contributed by atoms with Crippen LogP contribution < -0.4 is 5.32 Å². The van der Waals surface area contributed by atoms with Gasteiger partial charge in [-0.1, -0.05) is 23.1 Å². The van der Waals surface area contributed by atoms with Crippen LogP contribution in [0.2, 0.25) is 0 Å². The first kappa shape index (κ1) is 12.6. The van der Waals surface area contributed by atoms with E-state index in [0.717, 1.165) is 5.13 Å². The smallest absolute Gasteiger partial charge is 0.313 e. The second-order valence-electron chi connectivity index (χ2n) is 4.68. The van der Waals surface area contributed by atoms with Crippen LogP contribution >= 0.6 is 23.1 Å². The van der Waals surface area contributed by atoms with E-state index in [1.807, 2.05) is 0 Å². The standard InChI is InChI=1S/C10H15N3O2S2/c1-10(2,6-3-4-6)11-8-12-13-9(17-8)16-5-7(14)15/h6H,3-5H2,1-2H3,(H,11,12)(H,14,15). The van der Waals surface area contributed by atoms with Gasteiger partial charge in [0.15, 0.2) is 4.34 Å². The minimum absolute atomic E-state index is 0.0284. The average molecular weight is 273 g/mol. The van der Waals surface area contributed by atoms with Crippen LogP contribution in [0.4, 0.5) is 5.13 Å². The summed E-state index contributed by atoms with van der Waals surface area (Å²) in [7, 11) is 0. The van der Waals surface area contributed by atoms with Crippen molar-refractivity contribution < 1.29 is 9.90 Å². The van der Waals surface area contributed by atoms with Gasteiger partial charge in [0, 0.05) is 5.54 Å². The summed E-state index contributed by atoms with van der Waals surface area (Å²) in [6.07, 6.45) is 2.53. The number of aromatic nitrogens is 2. The molecule has 0 amide bonds. The van der Waals surface area contributed by atoms with Crippen molar-refractivity contribution in [1.29, 1.82) is 0 Å². The van der Waals surface area contributed by atoms with Gasteiger partial charge in [0.05, 0.1) is 5.75 Å². The molecule has 0 bridgehead atoms. The molecule has 0 aromatic carbocycles. The molecule has 1 aromatic rings. The van der Waals surface area contributed by atoms with E-state index in [1.54, 1.807) is 0 Å². The van der Waals surface area contributed by atoms with Crippen molar-refractivity contribution >= 4 is 34.2 Å². The normalized spacial score (nSPS) is 15.9. The van der Waals surface area contributed by atoms with Crippen molar-refractivity contribution in [2.45, 2.75) is 36.6 Å². The monoisotopic (exact) mass is 273 g/mol. The molecule has 1 heterocycles. The molecule has 2 N–H and O–H groups in total. The summed E-state index contributed by atoms with van der Waals surface area (Å²) in [5.41, 5.74) is 0.0499. The van der Waals surface area contributed by atoms with Crippen molar-refractivity contribution in [2.75, 3.05) is 11.1 Å². The number of nitrogens with one attached hydrogen (secondary N) is 1. The Balaban J connectivity index is 1.91. The molecule has 1 aromatic heterocycles. The van der Waals surface area contributed by atoms with Crippen LogP contribution in [0.25, 0.3) is 0 Å². The summed E-state index contributed by atoms with van der Waals surface area (Å²) in [6, 6.07) is 0. The van der Waals surface area contributed by atoms with Gasteiger partial charge in [-0.2, -0.15) is 0 Å². The molecule has 0 radical (unpaired) electrons. The van der Waals surface area contributed by atoms with Gasteiger partial charge in [0.25, 0.3) is 0 Å². The maximum Gasteiger partial charge on any atom is 0.313 e. The van der Waals surface area contributed by atoms with E-state index in [4.69, 9.17) is 5.11 Å². The Hall–Kier alpha value is -0.820. The van der Waals surface area contributed by atoms with Crippen molar-refractivity contribution in [1.82, 2.24) is 10.2 Å². The maximum absolute atomic E-state index is 10.4. The third kappa shape index (κ3) is 3.57. The van der Waals surface area contributed by atoms with Gasteiger partial charge in [-0.3, -0.25) is 4.79 Å². The van der Waals surface area contributed by atoms with Crippen LogP contribution in [0.15, 0.2) is 4.34 Å². The lowest BCUT2D eigenvalue weighted by Crippen LogP contribution is -2.33. The molecule has 1 saturated carbocycles. The van der Waals surface area contributed by atoms with Crippen LogP contribution in [0.3, 0.4) is 0 Å². The first-order chi connectivity index (χ1) is 7.97. The van der Waals surface area contributed by atoms with Crippen LogP contribution in [0.5, 0.6) is 0 Å². The first-order valence-corrected chi connectivity index (χ1v) is 7.24. The number of carboxylic acid groups (broad SMARTS) is 1. The van der Waals surface area contributed by atoms with Gasteiger partial charge < -0.3 is 10.4 Å². The molecule has 0 aliphatic heterocycles. The zero-order valence-corrected chi connectivity index (χ0v) is 11.4. The number of hydrogen-bond acceptors (Lipinski definition) is 6. The number of aliphatic carboxylic acids is 1. The second kappa shape index (κ2) is 4.81. The zero-order valence-electron chi connectivity index (χ0n) is 9.77. The second-order valence-corrected chi connectivity index (χ2v) is 6.88. The van der Waals surface area contributed by atoms with Crippen molar-refractivity contribution in [3.63, 3.8) is 0 Å². The van der Waals surface area contributed by atoms with E-state index in [0.29, 0.717) is 10.3 Å². The van der Waals surface area contributed by atoms with Crippen LogP contribution in [-0.2, 0) is 4.79 Å². The number of thioether (sulfide) groups is 1. The van der Waals surface area contributed by atoms with Gasteiger partial charge in [0.2, 0.25) is 5.13 Å². The first-order valence-electron chi connectivity index (χ1n) is 5.43. The summed E-state index contributed by atoms with van der Waals surface area (Å²) in [5, 5.41) is 20.7. The molecule has 1 aliphatic carbocycles. The molecule has 17 heavy (non-hydrogen) atoms. The molecular formula is C10H15N3O2S2. The highest BCUT2D eigenvalue weighted by Crippen LogP contribution is 2.41. The Bertz CT molecular complexity index is 415. The number of carboxylic acids is 1. The van der Waals surface area contributed by atoms with Gasteiger partial charge in [-0.05, 0) is 32.6 Å². The van der Waals surface area contributed by atoms with Gasteiger partial charge >= 0.3 is 5.97 Å². The van der Waals surface area contributed by atoms with E-state index in [-0.39, 0.29) is 11.3 Å². The topological polar surface area (TPSA) is 75.1 Å². The molecule has 2 rings (SSSR count). The molecule has 0 saturated heterocycles. The summed E-state index contributed by atoms with van der Waals surface area (Å²) in [6.45, 7) is 4.33. The molecule has 1 aliphatic rings. The summed E-state index contributed by atoms with van der Waals surface area (Å²) >= 11 is 2.62. The highest BCUT2D eigenvalue weighted by atomic mass is 32.2. The van der Waals surface area contributed by atoms with E-state index in [2.05, 4.69) is 29.4 Å². The SMILES string of the molecule is CC(C)(Nc1nnc(SCC(=O)O)s1)C1CC1. The minimum atomic E-state index is -0.835. The zero-order chi connectivity index (χ0) is 12.5. The van der Waals surface area contributed by atoms with E-state index in [9.17, 15) is 4.79 Å². The maximum atomic E-state index is 10.4. The molecular weight excluding hydrogens is 258 g/mol. The third-order valence-corrected chi connectivity index (χ3v) is 4.71. The fourth-order valence-corrected chi connectivity index (χ4v) is 3.26. The molecule has 7 heteroatoms. The largest absolute Gasteiger partial charge is 0.481 e. The van der Waals surface area contributed by atoms with E-state index in [1.165, 1.54) is 35.9 Å². The molecule has 5 nitrogen and oxygen atoms in total. The predicted octanol–water partition coefficient (Wildman–Crippen LogP) is 2.32. The van der Waals surface area contributed by atoms with Gasteiger partial charge in [-0.25, -0.2) is 0 Å². The van der Waals surface area contributed by atoms with Crippen LogP contribution in [0, 0.1) is 5.92 Å². The lowest BCUT2D eigenvalue weighted by molar-refractivity contribution is -0.133. The Morgan fingerprint density at radius 2 is 2.29 bits per heavy atom. The molecule has 0 spiro atoms. The number of nitrogens with zero attached hydrogens (tertiary/aromatic N) is 2. The van der Waals surface area contributed by atoms with E-state index >= 15 is 0 Å². The van der Waals surface area contributed by atoms with Crippen LogP contribution in [0.1, 0.15) is 26.7 Å². The van der Waals surface area contributed by atoms with E-state index < -0.39 is 5.97 Å². The third-order valence-electron chi connectivity index (χ3n) is 2.75. The average Bonchev–Trinajstić information content (AvgIpc) is 2.99. The number of rotatable bonds is 6. The van der Waals surface area contributed by atoms with Gasteiger partial charge in [-0.15, -0.1) is 10.2 Å². The number of anilines is 1. The Kier molecular flexibility index (Phi) is 3.58. The Morgan fingerprint density at radius 3 is 2.88 bits per heavy atom. The fourth-order valence-electron chi connectivity index (χ4n) is 1.62. The quantitative estimate of drug-likeness (QED) is 0.775. The molecule has 1 fully saturated rings. The van der Waals surface area contributed by atoms with Crippen molar-refractivity contribution in [3.8, 4) is 0 Å². The summed E-state index contributed by atoms with van der Waals surface area (Å²) in [4.78, 5) is 10.4. The molecule has 0 unspecified atom stereocenters. The van der Waals surface area contributed by atoms with Crippen LogP contribution in [-0.4, -0.2) is 32.6 Å². The lowest BCUT2D eigenvalue weighted by atomic mass is 9.99. The Labute approximate surface area is 108 Å². The fraction of sp³-hybridized carbons (Fsp3) is 0.700. The lowest BCUT2D eigenvalue weighted by Gasteiger charge is -2.25. The highest BCUT2D eigenvalue weighted by Gasteiger charge is 2.38. The summed E-state index contributed by atoms with van der Waals surface area (Å²) < 4.78 is 0.696. The Morgan fingerprint density at radius 1 is 1.59 bits per heavy atom.